The lowest BCUT2D eigenvalue weighted by Crippen LogP contribution is -2.37. The first kappa shape index (κ1) is 17.1. The van der Waals surface area contributed by atoms with Crippen molar-refractivity contribution in [2.75, 3.05) is 26.2 Å². The van der Waals surface area contributed by atoms with Crippen LogP contribution < -0.4 is 0 Å². The zero-order chi connectivity index (χ0) is 16.9. The van der Waals surface area contributed by atoms with Crippen molar-refractivity contribution in [2.24, 2.45) is 0 Å². The van der Waals surface area contributed by atoms with Crippen molar-refractivity contribution >= 4 is 17.3 Å². The van der Waals surface area contributed by atoms with Crippen molar-refractivity contribution in [3.63, 3.8) is 0 Å². The molecular formula is C18H21FN2O2S. The molecule has 6 heteroatoms. The lowest BCUT2D eigenvalue weighted by Gasteiger charge is -2.27. The number of thiophene rings is 1. The van der Waals surface area contributed by atoms with Gasteiger partial charge in [0.15, 0.2) is 0 Å². The van der Waals surface area contributed by atoms with E-state index < -0.39 is 12.0 Å². The number of rotatable bonds is 5. The van der Waals surface area contributed by atoms with E-state index in [1.807, 2.05) is 33.9 Å². The van der Waals surface area contributed by atoms with Crippen LogP contribution in [0.3, 0.4) is 0 Å². The highest BCUT2D eigenvalue weighted by molar-refractivity contribution is 7.08. The van der Waals surface area contributed by atoms with Gasteiger partial charge in [0, 0.05) is 31.7 Å². The number of carboxylic acid groups (broad SMARTS) is 1. The quantitative estimate of drug-likeness (QED) is 0.901. The molecule has 0 spiro atoms. The Labute approximate surface area is 145 Å². The number of aliphatic carboxylic acids is 1. The number of carboxylic acids is 1. The average molecular weight is 348 g/mol. The van der Waals surface area contributed by atoms with E-state index in [9.17, 15) is 14.3 Å². The maximum atomic E-state index is 13.8. The van der Waals surface area contributed by atoms with E-state index in [1.165, 1.54) is 17.4 Å². The van der Waals surface area contributed by atoms with Crippen molar-refractivity contribution in [2.45, 2.75) is 19.0 Å². The molecule has 1 N–H and O–H groups in total. The summed E-state index contributed by atoms with van der Waals surface area (Å²) >= 11 is 1.52. The average Bonchev–Trinajstić information content (AvgIpc) is 2.97. The zero-order valence-electron chi connectivity index (χ0n) is 13.4. The van der Waals surface area contributed by atoms with E-state index in [1.54, 1.807) is 6.07 Å². The second-order valence-corrected chi connectivity index (χ2v) is 6.83. The third-order valence-electron chi connectivity index (χ3n) is 4.43. The molecule has 1 aliphatic rings. The van der Waals surface area contributed by atoms with E-state index in [0.717, 1.165) is 31.6 Å². The standard InChI is InChI=1S/C18H21FN2O2S/c19-16-5-2-1-4-14(16)12-20-7-3-8-21(10-9-20)17(18(22)23)15-6-11-24-13-15/h1-2,4-6,11,13,17H,3,7-10,12H2,(H,22,23). The largest absolute Gasteiger partial charge is 0.480 e. The third-order valence-corrected chi connectivity index (χ3v) is 5.13. The molecule has 0 radical (unpaired) electrons. The Hall–Kier alpha value is -1.76. The van der Waals surface area contributed by atoms with E-state index in [0.29, 0.717) is 18.7 Å². The summed E-state index contributed by atoms with van der Waals surface area (Å²) in [7, 11) is 0. The van der Waals surface area contributed by atoms with E-state index in [-0.39, 0.29) is 5.82 Å². The van der Waals surface area contributed by atoms with Gasteiger partial charge in [0.2, 0.25) is 0 Å². The number of nitrogens with zero attached hydrogens (tertiary/aromatic N) is 2. The third kappa shape index (κ3) is 4.01. The van der Waals surface area contributed by atoms with Crippen LogP contribution >= 0.6 is 11.3 Å². The molecule has 1 aromatic carbocycles. The molecule has 1 aliphatic heterocycles. The van der Waals surface area contributed by atoms with Crippen LogP contribution in [-0.4, -0.2) is 47.1 Å². The van der Waals surface area contributed by atoms with Crippen LogP contribution in [0.15, 0.2) is 41.1 Å². The van der Waals surface area contributed by atoms with Gasteiger partial charge in [-0.25, -0.2) is 4.39 Å². The van der Waals surface area contributed by atoms with Crippen LogP contribution in [0.2, 0.25) is 0 Å². The van der Waals surface area contributed by atoms with Gasteiger partial charge in [-0.05, 0) is 41.4 Å². The number of hydrogen-bond acceptors (Lipinski definition) is 4. The van der Waals surface area contributed by atoms with Crippen molar-refractivity contribution < 1.29 is 14.3 Å². The van der Waals surface area contributed by atoms with Gasteiger partial charge in [-0.3, -0.25) is 14.6 Å². The molecule has 128 valence electrons. The second kappa shape index (κ2) is 7.88. The summed E-state index contributed by atoms with van der Waals surface area (Å²) in [5.74, 6) is -0.990. The van der Waals surface area contributed by atoms with Crippen LogP contribution in [0.4, 0.5) is 4.39 Å². The molecule has 3 rings (SSSR count). The number of hydrogen-bond donors (Lipinski definition) is 1. The van der Waals surface area contributed by atoms with Gasteiger partial charge in [0.1, 0.15) is 11.9 Å². The predicted molar refractivity (Wildman–Crippen MR) is 92.6 cm³/mol. The van der Waals surface area contributed by atoms with E-state index in [4.69, 9.17) is 0 Å². The number of halogens is 1. The molecule has 0 bridgehead atoms. The molecule has 1 atom stereocenters. The summed E-state index contributed by atoms with van der Waals surface area (Å²) < 4.78 is 13.8. The molecule has 24 heavy (non-hydrogen) atoms. The molecule has 1 saturated heterocycles. The first-order valence-electron chi connectivity index (χ1n) is 8.10. The fourth-order valence-corrected chi connectivity index (χ4v) is 3.89. The maximum Gasteiger partial charge on any atom is 0.325 e. The summed E-state index contributed by atoms with van der Waals surface area (Å²) in [6.07, 6.45) is 0.877. The highest BCUT2D eigenvalue weighted by atomic mass is 32.1. The maximum absolute atomic E-state index is 13.8. The number of benzene rings is 1. The Morgan fingerprint density at radius 3 is 2.75 bits per heavy atom. The second-order valence-electron chi connectivity index (χ2n) is 6.05. The van der Waals surface area contributed by atoms with Gasteiger partial charge in [-0.2, -0.15) is 11.3 Å². The molecule has 2 heterocycles. The van der Waals surface area contributed by atoms with Crippen LogP contribution in [0.5, 0.6) is 0 Å². The fraction of sp³-hybridized carbons (Fsp3) is 0.389. The molecule has 0 amide bonds. The molecule has 2 aromatic rings. The Morgan fingerprint density at radius 1 is 1.21 bits per heavy atom. The molecule has 0 aliphatic carbocycles. The van der Waals surface area contributed by atoms with Crippen LogP contribution in [0.25, 0.3) is 0 Å². The summed E-state index contributed by atoms with van der Waals surface area (Å²) in [5, 5.41) is 13.4. The highest BCUT2D eigenvalue weighted by Crippen LogP contribution is 2.25. The lowest BCUT2D eigenvalue weighted by atomic mass is 10.1. The van der Waals surface area contributed by atoms with Gasteiger partial charge < -0.3 is 5.11 Å². The molecule has 0 saturated carbocycles. The minimum Gasteiger partial charge on any atom is -0.480 e. The monoisotopic (exact) mass is 348 g/mol. The lowest BCUT2D eigenvalue weighted by molar-refractivity contribution is -0.143. The molecular weight excluding hydrogens is 327 g/mol. The normalized spacial score (nSPS) is 18.2. The summed E-state index contributed by atoms with van der Waals surface area (Å²) in [4.78, 5) is 15.9. The molecule has 1 fully saturated rings. The van der Waals surface area contributed by atoms with E-state index in [2.05, 4.69) is 4.90 Å². The number of carbonyl (C=O) groups is 1. The minimum absolute atomic E-state index is 0.180. The topological polar surface area (TPSA) is 43.8 Å². The van der Waals surface area contributed by atoms with E-state index >= 15 is 0 Å². The fourth-order valence-electron chi connectivity index (χ4n) is 3.21. The first-order valence-corrected chi connectivity index (χ1v) is 9.04. The Bertz CT molecular complexity index is 677. The Balaban J connectivity index is 1.66. The van der Waals surface area contributed by atoms with Gasteiger partial charge in [-0.1, -0.05) is 18.2 Å². The van der Waals surface area contributed by atoms with Crippen LogP contribution in [-0.2, 0) is 11.3 Å². The van der Waals surface area contributed by atoms with Gasteiger partial charge in [-0.15, -0.1) is 0 Å². The molecule has 4 nitrogen and oxygen atoms in total. The SMILES string of the molecule is O=C(O)C(c1ccsc1)N1CCCN(Cc2ccccc2F)CC1. The van der Waals surface area contributed by atoms with Crippen molar-refractivity contribution in [3.8, 4) is 0 Å². The zero-order valence-corrected chi connectivity index (χ0v) is 14.2. The smallest absolute Gasteiger partial charge is 0.325 e. The molecule has 1 aromatic heterocycles. The molecule has 1 unspecified atom stereocenters. The summed E-state index contributed by atoms with van der Waals surface area (Å²) in [5.41, 5.74) is 1.54. The van der Waals surface area contributed by atoms with Crippen molar-refractivity contribution in [1.29, 1.82) is 0 Å². The van der Waals surface area contributed by atoms with Crippen molar-refractivity contribution in [3.05, 3.63) is 58.0 Å². The minimum atomic E-state index is -0.809. The van der Waals surface area contributed by atoms with Gasteiger partial charge in [0.25, 0.3) is 0 Å². The van der Waals surface area contributed by atoms with Gasteiger partial charge >= 0.3 is 5.97 Å². The predicted octanol–water partition coefficient (Wildman–Crippen LogP) is 3.22. The van der Waals surface area contributed by atoms with Gasteiger partial charge in [0.05, 0.1) is 0 Å². The summed E-state index contributed by atoms with van der Waals surface area (Å²) in [6.45, 7) is 3.56. The Morgan fingerprint density at radius 2 is 2.04 bits per heavy atom. The first-order chi connectivity index (χ1) is 11.6. The Kier molecular flexibility index (Phi) is 5.60. The van der Waals surface area contributed by atoms with Crippen LogP contribution in [0.1, 0.15) is 23.6 Å². The highest BCUT2D eigenvalue weighted by Gasteiger charge is 2.29. The van der Waals surface area contributed by atoms with Crippen molar-refractivity contribution in [1.82, 2.24) is 9.80 Å². The summed E-state index contributed by atoms with van der Waals surface area (Å²) in [6, 6.07) is 8.12. The van der Waals surface area contributed by atoms with Crippen LogP contribution in [0, 0.1) is 5.82 Å².